The molecule has 0 aliphatic heterocycles. The molecule has 0 fully saturated rings. The summed E-state index contributed by atoms with van der Waals surface area (Å²) in [5.41, 5.74) is 8.01. The molecule has 0 amide bonds. The third-order valence-corrected chi connectivity index (χ3v) is 2.90. The first-order valence-electron chi connectivity index (χ1n) is 5.82. The average molecular weight is 219 g/mol. The molecule has 0 radical (unpaired) electrons. The van der Waals surface area contributed by atoms with E-state index in [4.69, 9.17) is 10.5 Å². The number of hydrogen-bond acceptors (Lipinski definition) is 3. The second kappa shape index (κ2) is 5.12. The molecule has 86 valence electrons. The number of esters is 1. The van der Waals surface area contributed by atoms with Gasteiger partial charge < -0.3 is 10.5 Å². The van der Waals surface area contributed by atoms with E-state index in [2.05, 4.69) is 6.07 Å². The molecule has 1 aliphatic carbocycles. The third-order valence-electron chi connectivity index (χ3n) is 2.90. The minimum atomic E-state index is -0.252. The minimum Gasteiger partial charge on any atom is -0.426 e. The van der Waals surface area contributed by atoms with Crippen LogP contribution < -0.4 is 10.5 Å². The third kappa shape index (κ3) is 2.61. The molecule has 0 bridgehead atoms. The van der Waals surface area contributed by atoms with Gasteiger partial charge >= 0.3 is 5.97 Å². The fraction of sp³-hybridized carbons (Fsp3) is 0.462. The van der Waals surface area contributed by atoms with Crippen LogP contribution in [0.1, 0.15) is 30.4 Å². The predicted molar refractivity (Wildman–Crippen MR) is 62.4 cm³/mol. The van der Waals surface area contributed by atoms with Gasteiger partial charge in [-0.1, -0.05) is 6.07 Å². The van der Waals surface area contributed by atoms with Crippen molar-refractivity contribution >= 4 is 5.97 Å². The van der Waals surface area contributed by atoms with E-state index in [0.29, 0.717) is 12.3 Å². The highest BCUT2D eigenvalue weighted by Crippen LogP contribution is 2.25. The smallest absolute Gasteiger partial charge is 0.312 e. The highest BCUT2D eigenvalue weighted by Gasteiger charge is 2.11. The summed E-state index contributed by atoms with van der Waals surface area (Å²) in [5.74, 6) is 0.400. The fourth-order valence-electron chi connectivity index (χ4n) is 2.07. The van der Waals surface area contributed by atoms with E-state index in [1.165, 1.54) is 24.0 Å². The standard InChI is InChI=1S/C13H17NO2/c14-8-7-13(15)16-12-6-5-10-3-1-2-4-11(10)9-12/h5-6,9H,1-4,7-8,14H2. The van der Waals surface area contributed by atoms with E-state index in [0.717, 1.165) is 12.8 Å². The lowest BCUT2D eigenvalue weighted by Gasteiger charge is -2.16. The van der Waals surface area contributed by atoms with E-state index < -0.39 is 0 Å². The van der Waals surface area contributed by atoms with Gasteiger partial charge in [0.25, 0.3) is 0 Å². The molecule has 3 heteroatoms. The van der Waals surface area contributed by atoms with E-state index in [1.54, 1.807) is 0 Å². The summed E-state index contributed by atoms with van der Waals surface area (Å²) in [6.45, 7) is 0.337. The Morgan fingerprint density at radius 3 is 2.75 bits per heavy atom. The number of fused-ring (bicyclic) bond motifs is 1. The van der Waals surface area contributed by atoms with E-state index in [-0.39, 0.29) is 12.4 Å². The minimum absolute atomic E-state index is 0.252. The SMILES string of the molecule is NCCC(=O)Oc1ccc2c(c1)CCCC2. The van der Waals surface area contributed by atoms with E-state index >= 15 is 0 Å². The number of hydrogen-bond donors (Lipinski definition) is 1. The van der Waals surface area contributed by atoms with Gasteiger partial charge in [-0.25, -0.2) is 0 Å². The van der Waals surface area contributed by atoms with Gasteiger partial charge in [-0.15, -0.1) is 0 Å². The Morgan fingerprint density at radius 2 is 2.00 bits per heavy atom. The maximum absolute atomic E-state index is 11.3. The maximum Gasteiger partial charge on any atom is 0.312 e. The van der Waals surface area contributed by atoms with Crippen molar-refractivity contribution in [2.45, 2.75) is 32.1 Å². The highest BCUT2D eigenvalue weighted by atomic mass is 16.5. The van der Waals surface area contributed by atoms with Crippen molar-refractivity contribution in [3.63, 3.8) is 0 Å². The largest absolute Gasteiger partial charge is 0.426 e. The molecule has 0 saturated heterocycles. The van der Waals surface area contributed by atoms with Crippen LogP contribution in [0.4, 0.5) is 0 Å². The second-order valence-corrected chi connectivity index (χ2v) is 4.15. The number of carbonyl (C=O) groups is 1. The van der Waals surface area contributed by atoms with Crippen molar-refractivity contribution in [1.82, 2.24) is 0 Å². The summed E-state index contributed by atoms with van der Waals surface area (Å²) in [7, 11) is 0. The molecule has 0 heterocycles. The van der Waals surface area contributed by atoms with Crippen LogP contribution in [0.15, 0.2) is 18.2 Å². The van der Waals surface area contributed by atoms with E-state index in [9.17, 15) is 4.79 Å². The lowest BCUT2D eigenvalue weighted by Crippen LogP contribution is -2.14. The van der Waals surface area contributed by atoms with Crippen LogP contribution >= 0.6 is 0 Å². The number of nitrogens with two attached hydrogens (primary N) is 1. The molecular formula is C13H17NO2. The Bertz CT molecular complexity index is 388. The van der Waals surface area contributed by atoms with Gasteiger partial charge in [0.1, 0.15) is 5.75 Å². The molecule has 16 heavy (non-hydrogen) atoms. The molecule has 1 aromatic rings. The topological polar surface area (TPSA) is 52.3 Å². The summed E-state index contributed by atoms with van der Waals surface area (Å²) in [6, 6.07) is 5.93. The van der Waals surface area contributed by atoms with Crippen LogP contribution in [0.3, 0.4) is 0 Å². The Kier molecular flexibility index (Phi) is 3.57. The lowest BCUT2D eigenvalue weighted by atomic mass is 9.92. The molecule has 0 saturated carbocycles. The van der Waals surface area contributed by atoms with Crippen molar-refractivity contribution < 1.29 is 9.53 Å². The zero-order valence-corrected chi connectivity index (χ0v) is 9.37. The number of carbonyl (C=O) groups excluding carboxylic acids is 1. The van der Waals surface area contributed by atoms with Gasteiger partial charge in [-0.3, -0.25) is 4.79 Å². The summed E-state index contributed by atoms with van der Waals surface area (Å²) >= 11 is 0. The quantitative estimate of drug-likeness (QED) is 0.623. The van der Waals surface area contributed by atoms with Crippen molar-refractivity contribution in [2.75, 3.05) is 6.54 Å². The summed E-state index contributed by atoms with van der Waals surface area (Å²) in [4.78, 5) is 11.3. The molecule has 2 rings (SSSR count). The van der Waals surface area contributed by atoms with Crippen LogP contribution in [0.25, 0.3) is 0 Å². The summed E-state index contributed by atoms with van der Waals surface area (Å²) in [6.07, 6.45) is 5.01. The van der Waals surface area contributed by atoms with Crippen molar-refractivity contribution in [3.8, 4) is 5.75 Å². The summed E-state index contributed by atoms with van der Waals surface area (Å²) < 4.78 is 5.20. The second-order valence-electron chi connectivity index (χ2n) is 4.15. The first-order chi connectivity index (χ1) is 7.79. The Morgan fingerprint density at radius 1 is 1.25 bits per heavy atom. The zero-order chi connectivity index (χ0) is 11.4. The molecule has 0 unspecified atom stereocenters. The number of benzene rings is 1. The molecule has 0 spiro atoms. The first-order valence-corrected chi connectivity index (χ1v) is 5.82. The molecule has 1 aliphatic rings. The number of aryl methyl sites for hydroxylation is 2. The Balaban J connectivity index is 2.08. The van der Waals surface area contributed by atoms with Gasteiger partial charge in [-0.2, -0.15) is 0 Å². The Labute approximate surface area is 95.6 Å². The predicted octanol–water partition coefficient (Wildman–Crippen LogP) is 1.82. The normalized spacial score (nSPS) is 14.3. The maximum atomic E-state index is 11.3. The van der Waals surface area contributed by atoms with Crippen molar-refractivity contribution in [2.24, 2.45) is 5.73 Å². The van der Waals surface area contributed by atoms with Gasteiger partial charge in [0.2, 0.25) is 0 Å². The van der Waals surface area contributed by atoms with Gasteiger partial charge in [0.05, 0.1) is 6.42 Å². The van der Waals surface area contributed by atoms with Crippen LogP contribution in [-0.4, -0.2) is 12.5 Å². The average Bonchev–Trinajstić information content (AvgIpc) is 2.29. The van der Waals surface area contributed by atoms with Crippen molar-refractivity contribution in [3.05, 3.63) is 29.3 Å². The molecular weight excluding hydrogens is 202 g/mol. The molecule has 2 N–H and O–H groups in total. The van der Waals surface area contributed by atoms with Crippen LogP contribution in [0, 0.1) is 0 Å². The lowest BCUT2D eigenvalue weighted by molar-refractivity contribution is -0.134. The van der Waals surface area contributed by atoms with Gasteiger partial charge in [0.15, 0.2) is 0 Å². The molecule has 0 atom stereocenters. The van der Waals surface area contributed by atoms with E-state index in [1.807, 2.05) is 12.1 Å². The molecule has 0 aromatic heterocycles. The molecule has 3 nitrogen and oxygen atoms in total. The highest BCUT2D eigenvalue weighted by molar-refractivity contribution is 5.72. The van der Waals surface area contributed by atoms with Crippen LogP contribution in [-0.2, 0) is 17.6 Å². The summed E-state index contributed by atoms with van der Waals surface area (Å²) in [5, 5.41) is 0. The van der Waals surface area contributed by atoms with Gasteiger partial charge in [0, 0.05) is 6.54 Å². The van der Waals surface area contributed by atoms with Gasteiger partial charge in [-0.05, 0) is 48.9 Å². The number of ether oxygens (including phenoxy) is 1. The molecule has 1 aromatic carbocycles. The zero-order valence-electron chi connectivity index (χ0n) is 9.37. The number of rotatable bonds is 3. The monoisotopic (exact) mass is 219 g/mol. The van der Waals surface area contributed by atoms with Crippen LogP contribution in [0.5, 0.6) is 5.75 Å². The van der Waals surface area contributed by atoms with Crippen molar-refractivity contribution in [1.29, 1.82) is 0 Å². The Hall–Kier alpha value is -1.35. The first kappa shape index (κ1) is 11.1. The van der Waals surface area contributed by atoms with Crippen LogP contribution in [0.2, 0.25) is 0 Å². The fourth-order valence-corrected chi connectivity index (χ4v) is 2.07.